The Bertz CT molecular complexity index is 1210. The van der Waals surface area contributed by atoms with Gasteiger partial charge in [-0.25, -0.2) is 8.42 Å². The Hall–Kier alpha value is -2.46. The van der Waals surface area contributed by atoms with Gasteiger partial charge in [0.1, 0.15) is 0 Å². The number of piperidine rings is 1. The van der Waals surface area contributed by atoms with E-state index in [1.165, 1.54) is 28.6 Å². The lowest BCUT2D eigenvalue weighted by molar-refractivity contribution is -0.126. The Morgan fingerprint density at radius 3 is 2.69 bits per heavy atom. The predicted octanol–water partition coefficient (Wildman–Crippen LogP) is 3.76. The fourth-order valence-corrected chi connectivity index (χ4v) is 5.35. The van der Waals surface area contributed by atoms with Crippen LogP contribution in [0.25, 0.3) is 11.4 Å². The zero-order valence-corrected chi connectivity index (χ0v) is 19.2. The summed E-state index contributed by atoms with van der Waals surface area (Å²) in [5, 5.41) is 7.68. The third kappa shape index (κ3) is 5.12. The van der Waals surface area contributed by atoms with Crippen molar-refractivity contribution in [2.45, 2.75) is 24.3 Å². The lowest BCUT2D eigenvalue weighted by atomic mass is 9.99. The third-order valence-corrected chi connectivity index (χ3v) is 7.54. The summed E-state index contributed by atoms with van der Waals surface area (Å²) < 4.78 is 32.4. The highest BCUT2D eigenvalue weighted by atomic mass is 35.5. The fourth-order valence-electron chi connectivity index (χ4n) is 3.51. The molecule has 4 rings (SSSR count). The molecule has 1 saturated heterocycles. The summed E-state index contributed by atoms with van der Waals surface area (Å²) in [5.41, 5.74) is 0.703. The van der Waals surface area contributed by atoms with Crippen LogP contribution in [0, 0.1) is 5.92 Å². The Balaban J connectivity index is 1.37. The number of nitrogens with zero attached hydrogens (tertiary/aromatic N) is 3. The molecule has 1 aromatic heterocycles. The zero-order valence-electron chi connectivity index (χ0n) is 16.9. The molecular formula is C21H20Cl2N4O4S. The van der Waals surface area contributed by atoms with Gasteiger partial charge >= 0.3 is 0 Å². The van der Waals surface area contributed by atoms with E-state index in [0.717, 1.165) is 0 Å². The molecule has 8 nitrogen and oxygen atoms in total. The summed E-state index contributed by atoms with van der Waals surface area (Å²) in [4.78, 5) is 17.1. The molecule has 32 heavy (non-hydrogen) atoms. The van der Waals surface area contributed by atoms with Gasteiger partial charge in [-0.05, 0) is 49.2 Å². The summed E-state index contributed by atoms with van der Waals surface area (Å²) in [5.74, 6) is -0.117. The number of amides is 1. The molecule has 2 heterocycles. The third-order valence-electron chi connectivity index (χ3n) is 5.17. The normalized spacial score (nSPS) is 17.2. The van der Waals surface area contributed by atoms with Crippen LogP contribution >= 0.6 is 23.2 Å². The van der Waals surface area contributed by atoms with Crippen LogP contribution in [0.2, 0.25) is 10.0 Å². The predicted molar refractivity (Wildman–Crippen MR) is 120 cm³/mol. The number of rotatable bonds is 6. The van der Waals surface area contributed by atoms with Crippen LogP contribution in [0.1, 0.15) is 18.7 Å². The van der Waals surface area contributed by atoms with Crippen molar-refractivity contribution in [1.82, 2.24) is 19.8 Å². The van der Waals surface area contributed by atoms with Crippen molar-refractivity contribution < 1.29 is 17.7 Å². The van der Waals surface area contributed by atoms with Crippen molar-refractivity contribution in [1.29, 1.82) is 0 Å². The first-order chi connectivity index (χ1) is 15.3. The van der Waals surface area contributed by atoms with Crippen molar-refractivity contribution in [3.05, 3.63) is 64.5 Å². The summed E-state index contributed by atoms with van der Waals surface area (Å²) in [6.07, 6.45) is 1.18. The molecular weight excluding hydrogens is 475 g/mol. The number of benzene rings is 2. The van der Waals surface area contributed by atoms with Gasteiger partial charge in [0.15, 0.2) is 0 Å². The number of nitrogens with one attached hydrogen (secondary N) is 1. The molecule has 1 aliphatic heterocycles. The molecule has 0 bridgehead atoms. The van der Waals surface area contributed by atoms with Gasteiger partial charge < -0.3 is 9.84 Å². The van der Waals surface area contributed by atoms with Crippen molar-refractivity contribution >= 4 is 39.1 Å². The molecule has 0 saturated carbocycles. The SMILES string of the molecule is O=C(NCc1nc(-c2cccc(Cl)c2)no1)[C@@H]1CCCN(S(=O)(=O)c2ccc(Cl)cc2)C1. The van der Waals surface area contributed by atoms with E-state index in [2.05, 4.69) is 15.5 Å². The van der Waals surface area contributed by atoms with Gasteiger partial charge in [-0.3, -0.25) is 4.79 Å². The molecule has 168 valence electrons. The lowest BCUT2D eigenvalue weighted by Gasteiger charge is -2.31. The minimum atomic E-state index is -3.70. The Morgan fingerprint density at radius 2 is 1.94 bits per heavy atom. The van der Waals surface area contributed by atoms with E-state index in [-0.39, 0.29) is 29.8 Å². The first kappa shape index (κ1) is 22.7. The smallest absolute Gasteiger partial charge is 0.246 e. The number of aromatic nitrogens is 2. The molecule has 0 aliphatic carbocycles. The van der Waals surface area contributed by atoms with E-state index in [9.17, 15) is 13.2 Å². The molecule has 0 radical (unpaired) electrons. The number of hydrogen-bond donors (Lipinski definition) is 1. The van der Waals surface area contributed by atoms with Crippen molar-refractivity contribution in [2.75, 3.05) is 13.1 Å². The van der Waals surface area contributed by atoms with Gasteiger partial charge in [-0.15, -0.1) is 0 Å². The maximum Gasteiger partial charge on any atom is 0.246 e. The fraction of sp³-hybridized carbons (Fsp3) is 0.286. The van der Waals surface area contributed by atoms with Gasteiger partial charge in [-0.1, -0.05) is 40.5 Å². The average molecular weight is 495 g/mol. The largest absolute Gasteiger partial charge is 0.347 e. The molecule has 1 fully saturated rings. The van der Waals surface area contributed by atoms with E-state index in [1.807, 2.05) is 0 Å². The van der Waals surface area contributed by atoms with Crippen LogP contribution < -0.4 is 5.32 Å². The molecule has 3 aromatic rings. The van der Waals surface area contributed by atoms with Gasteiger partial charge in [0.05, 0.1) is 17.4 Å². The quantitative estimate of drug-likeness (QED) is 0.559. The Morgan fingerprint density at radius 1 is 1.16 bits per heavy atom. The second kappa shape index (κ2) is 9.58. The standard InChI is InChI=1S/C21H20Cl2N4O4S/c22-16-6-8-18(9-7-16)32(29,30)27-10-2-4-15(13-27)21(28)24-12-19-25-20(26-31-19)14-3-1-5-17(23)11-14/h1,3,5-9,11,15H,2,4,10,12-13H2,(H,24,28)/t15-/m1/s1. The highest BCUT2D eigenvalue weighted by molar-refractivity contribution is 7.89. The molecule has 1 amide bonds. The second-order valence-corrected chi connectivity index (χ2v) is 10.2. The molecule has 11 heteroatoms. The molecule has 0 spiro atoms. The monoisotopic (exact) mass is 494 g/mol. The van der Waals surface area contributed by atoms with Gasteiger partial charge in [0.25, 0.3) is 0 Å². The summed E-state index contributed by atoms with van der Waals surface area (Å²) in [6.45, 7) is 0.516. The number of carbonyl (C=O) groups is 1. The van der Waals surface area contributed by atoms with E-state index in [0.29, 0.717) is 40.8 Å². The maximum absolute atomic E-state index is 12.9. The number of sulfonamides is 1. The van der Waals surface area contributed by atoms with Crippen LogP contribution in [0.4, 0.5) is 0 Å². The van der Waals surface area contributed by atoms with E-state index < -0.39 is 15.9 Å². The van der Waals surface area contributed by atoms with Gasteiger partial charge in [0.2, 0.25) is 27.6 Å². The Kier molecular flexibility index (Phi) is 6.80. The number of hydrogen-bond acceptors (Lipinski definition) is 6. The van der Waals surface area contributed by atoms with Crippen LogP contribution in [-0.4, -0.2) is 41.9 Å². The number of halogens is 2. The minimum absolute atomic E-state index is 0.0484. The van der Waals surface area contributed by atoms with E-state index >= 15 is 0 Å². The molecule has 1 aliphatic rings. The molecule has 1 atom stereocenters. The highest BCUT2D eigenvalue weighted by Crippen LogP contribution is 2.25. The minimum Gasteiger partial charge on any atom is -0.347 e. The maximum atomic E-state index is 12.9. The van der Waals surface area contributed by atoms with Crippen molar-refractivity contribution in [2.24, 2.45) is 5.92 Å². The highest BCUT2D eigenvalue weighted by Gasteiger charge is 2.33. The lowest BCUT2D eigenvalue weighted by Crippen LogP contribution is -2.45. The van der Waals surface area contributed by atoms with Crippen molar-refractivity contribution in [3.63, 3.8) is 0 Å². The van der Waals surface area contributed by atoms with Gasteiger partial charge in [-0.2, -0.15) is 9.29 Å². The summed E-state index contributed by atoms with van der Waals surface area (Å²) in [7, 11) is -3.70. The van der Waals surface area contributed by atoms with E-state index in [4.69, 9.17) is 27.7 Å². The molecule has 1 N–H and O–H groups in total. The topological polar surface area (TPSA) is 105 Å². The summed E-state index contributed by atoms with van der Waals surface area (Å²) in [6, 6.07) is 13.0. The zero-order chi connectivity index (χ0) is 22.7. The van der Waals surface area contributed by atoms with Crippen LogP contribution in [0.15, 0.2) is 57.9 Å². The second-order valence-electron chi connectivity index (χ2n) is 7.40. The van der Waals surface area contributed by atoms with Crippen LogP contribution in [-0.2, 0) is 21.4 Å². The summed E-state index contributed by atoms with van der Waals surface area (Å²) >= 11 is 11.8. The van der Waals surface area contributed by atoms with E-state index in [1.54, 1.807) is 24.3 Å². The van der Waals surface area contributed by atoms with Crippen LogP contribution in [0.3, 0.4) is 0 Å². The first-order valence-electron chi connectivity index (χ1n) is 9.95. The van der Waals surface area contributed by atoms with Gasteiger partial charge in [0, 0.05) is 28.7 Å². The Labute approximate surface area is 195 Å². The van der Waals surface area contributed by atoms with Crippen LogP contribution in [0.5, 0.6) is 0 Å². The molecule has 0 unspecified atom stereocenters. The van der Waals surface area contributed by atoms with Crippen molar-refractivity contribution in [3.8, 4) is 11.4 Å². The number of carbonyl (C=O) groups excluding carboxylic acids is 1. The first-order valence-corrected chi connectivity index (χ1v) is 12.1. The molecule has 2 aromatic carbocycles. The average Bonchev–Trinajstić information content (AvgIpc) is 3.27.